The minimum absolute atomic E-state index is 0.0141. The minimum Gasteiger partial charge on any atom is -0.396 e. The van der Waals surface area contributed by atoms with Crippen molar-refractivity contribution in [3.63, 3.8) is 0 Å². The molecule has 1 aliphatic heterocycles. The maximum absolute atomic E-state index is 13.4. The van der Waals surface area contributed by atoms with E-state index in [2.05, 4.69) is 10.2 Å². The van der Waals surface area contributed by atoms with Crippen LogP contribution in [0.2, 0.25) is 0 Å². The first kappa shape index (κ1) is 14.8. The highest BCUT2D eigenvalue weighted by atomic mass is 19.1. The Labute approximate surface area is 116 Å². The predicted molar refractivity (Wildman–Crippen MR) is 71.9 cm³/mol. The molecule has 0 radical (unpaired) electrons. The van der Waals surface area contributed by atoms with E-state index in [0.29, 0.717) is 12.0 Å². The number of rotatable bonds is 5. The fourth-order valence-electron chi connectivity index (χ4n) is 2.55. The fourth-order valence-corrected chi connectivity index (χ4v) is 2.55. The molecule has 6 nitrogen and oxygen atoms in total. The third-order valence-electron chi connectivity index (χ3n) is 3.55. The van der Waals surface area contributed by atoms with Crippen molar-refractivity contribution in [3.8, 4) is 0 Å². The van der Waals surface area contributed by atoms with Crippen molar-refractivity contribution in [3.05, 3.63) is 39.7 Å². The van der Waals surface area contributed by atoms with Crippen molar-refractivity contribution in [2.24, 2.45) is 0 Å². The van der Waals surface area contributed by atoms with Gasteiger partial charge < -0.3 is 10.4 Å². The van der Waals surface area contributed by atoms with Gasteiger partial charge in [0.05, 0.1) is 4.92 Å². The summed E-state index contributed by atoms with van der Waals surface area (Å²) < 4.78 is 13.4. The van der Waals surface area contributed by atoms with Crippen LogP contribution in [0.5, 0.6) is 0 Å². The lowest BCUT2D eigenvalue weighted by Gasteiger charge is -2.35. The molecule has 110 valence electrons. The van der Waals surface area contributed by atoms with Crippen LogP contribution in [0.1, 0.15) is 18.0 Å². The molecular weight excluding hydrogens is 265 g/mol. The number of piperazine rings is 1. The first-order valence-corrected chi connectivity index (χ1v) is 6.63. The number of hydrogen-bond acceptors (Lipinski definition) is 5. The summed E-state index contributed by atoms with van der Waals surface area (Å²) in [4.78, 5) is 12.3. The molecular formula is C13H18FN3O3. The third kappa shape index (κ3) is 3.30. The van der Waals surface area contributed by atoms with Gasteiger partial charge in [0.2, 0.25) is 5.82 Å². The van der Waals surface area contributed by atoms with E-state index in [1.807, 2.05) is 0 Å². The standard InChI is InChI=1S/C13H18FN3O3/c14-11-2-1-10(9-13(11)17(19)20)12(3-8-18)16-6-4-15-5-7-16/h1-2,9,12,15,18H,3-8H2/t12-/m0/s1. The summed E-state index contributed by atoms with van der Waals surface area (Å²) in [5, 5.41) is 23.3. The summed E-state index contributed by atoms with van der Waals surface area (Å²) in [6.45, 7) is 3.27. The highest BCUT2D eigenvalue weighted by Gasteiger charge is 2.24. The van der Waals surface area contributed by atoms with Gasteiger partial charge in [0.1, 0.15) is 0 Å². The molecule has 1 atom stereocenters. The van der Waals surface area contributed by atoms with E-state index in [-0.39, 0.29) is 12.6 Å². The van der Waals surface area contributed by atoms with Gasteiger partial charge in [-0.2, -0.15) is 4.39 Å². The molecule has 0 aliphatic carbocycles. The lowest BCUT2D eigenvalue weighted by molar-refractivity contribution is -0.387. The number of aliphatic hydroxyl groups excluding tert-OH is 1. The molecule has 1 saturated heterocycles. The van der Waals surface area contributed by atoms with Crippen LogP contribution in [-0.4, -0.2) is 47.7 Å². The minimum atomic E-state index is -0.832. The number of nitrogens with zero attached hydrogens (tertiary/aromatic N) is 2. The lowest BCUT2D eigenvalue weighted by atomic mass is 10.0. The van der Waals surface area contributed by atoms with E-state index in [1.54, 1.807) is 6.07 Å². The zero-order valence-electron chi connectivity index (χ0n) is 11.1. The van der Waals surface area contributed by atoms with Gasteiger partial charge in [-0.15, -0.1) is 0 Å². The Kier molecular flexibility index (Phi) is 4.99. The molecule has 0 unspecified atom stereocenters. The number of nitro benzene ring substituents is 1. The quantitative estimate of drug-likeness (QED) is 0.624. The molecule has 7 heteroatoms. The molecule has 20 heavy (non-hydrogen) atoms. The monoisotopic (exact) mass is 283 g/mol. The van der Waals surface area contributed by atoms with Crippen molar-refractivity contribution in [2.75, 3.05) is 32.8 Å². The van der Waals surface area contributed by atoms with Crippen molar-refractivity contribution in [2.45, 2.75) is 12.5 Å². The predicted octanol–water partition coefficient (Wildman–Crippen LogP) is 1.06. The van der Waals surface area contributed by atoms with Crippen LogP contribution < -0.4 is 5.32 Å². The summed E-state index contributed by atoms with van der Waals surface area (Å²) >= 11 is 0. The first-order valence-electron chi connectivity index (χ1n) is 6.63. The zero-order valence-corrected chi connectivity index (χ0v) is 11.1. The Bertz CT molecular complexity index is 478. The van der Waals surface area contributed by atoms with Crippen molar-refractivity contribution >= 4 is 5.69 Å². The van der Waals surface area contributed by atoms with Crippen LogP contribution in [0, 0.1) is 15.9 Å². The van der Waals surface area contributed by atoms with E-state index >= 15 is 0 Å². The smallest absolute Gasteiger partial charge is 0.305 e. The number of nitrogens with one attached hydrogen (secondary N) is 1. The Hall–Kier alpha value is -1.57. The molecule has 1 aromatic rings. The number of nitro groups is 1. The normalized spacial score (nSPS) is 17.9. The number of halogens is 1. The number of benzene rings is 1. The summed E-state index contributed by atoms with van der Waals surface area (Å²) in [7, 11) is 0. The molecule has 2 rings (SSSR count). The van der Waals surface area contributed by atoms with Crippen LogP contribution in [0.3, 0.4) is 0 Å². The Morgan fingerprint density at radius 3 is 2.75 bits per heavy atom. The molecule has 0 aromatic heterocycles. The lowest BCUT2D eigenvalue weighted by Crippen LogP contribution is -2.45. The molecule has 1 fully saturated rings. The number of hydrogen-bond donors (Lipinski definition) is 2. The molecule has 1 aliphatic rings. The summed E-state index contributed by atoms with van der Waals surface area (Å²) in [6.07, 6.45) is 0.475. The van der Waals surface area contributed by atoms with Gasteiger partial charge in [-0.25, -0.2) is 0 Å². The largest absolute Gasteiger partial charge is 0.396 e. The van der Waals surface area contributed by atoms with Crippen molar-refractivity contribution in [1.29, 1.82) is 0 Å². The fraction of sp³-hybridized carbons (Fsp3) is 0.538. The molecule has 2 N–H and O–H groups in total. The maximum atomic E-state index is 13.4. The van der Waals surface area contributed by atoms with Crippen molar-refractivity contribution in [1.82, 2.24) is 10.2 Å². The van der Waals surface area contributed by atoms with E-state index in [1.165, 1.54) is 6.07 Å². The van der Waals surface area contributed by atoms with Crippen LogP contribution in [0.25, 0.3) is 0 Å². The van der Waals surface area contributed by atoms with Gasteiger partial charge in [-0.3, -0.25) is 15.0 Å². The van der Waals surface area contributed by atoms with Gasteiger partial charge in [0, 0.05) is 44.9 Å². The third-order valence-corrected chi connectivity index (χ3v) is 3.55. The van der Waals surface area contributed by atoms with Crippen LogP contribution in [0.15, 0.2) is 18.2 Å². The zero-order chi connectivity index (χ0) is 14.5. The second kappa shape index (κ2) is 6.74. The SMILES string of the molecule is O=[N+]([O-])c1cc([C@H](CCO)N2CCNCC2)ccc1F. The highest BCUT2D eigenvalue weighted by Crippen LogP contribution is 2.28. The van der Waals surface area contributed by atoms with Gasteiger partial charge in [-0.05, 0) is 18.1 Å². The Morgan fingerprint density at radius 1 is 1.45 bits per heavy atom. The van der Waals surface area contributed by atoms with Crippen LogP contribution >= 0.6 is 0 Å². The topological polar surface area (TPSA) is 78.6 Å². The first-order chi connectivity index (χ1) is 9.63. The highest BCUT2D eigenvalue weighted by molar-refractivity contribution is 5.37. The average molecular weight is 283 g/mol. The van der Waals surface area contributed by atoms with Gasteiger partial charge in [0.25, 0.3) is 0 Å². The second-order valence-corrected chi connectivity index (χ2v) is 4.78. The Balaban J connectivity index is 2.28. The van der Waals surface area contributed by atoms with Gasteiger partial charge in [0.15, 0.2) is 0 Å². The van der Waals surface area contributed by atoms with E-state index in [4.69, 9.17) is 0 Å². The summed E-state index contributed by atoms with van der Waals surface area (Å²) in [5.74, 6) is -0.832. The Morgan fingerprint density at radius 2 is 2.15 bits per heavy atom. The van der Waals surface area contributed by atoms with Crippen LogP contribution in [-0.2, 0) is 0 Å². The van der Waals surface area contributed by atoms with E-state index < -0.39 is 16.4 Å². The van der Waals surface area contributed by atoms with E-state index in [9.17, 15) is 19.6 Å². The van der Waals surface area contributed by atoms with Gasteiger partial charge in [-0.1, -0.05) is 6.07 Å². The summed E-state index contributed by atoms with van der Waals surface area (Å²) in [5.41, 5.74) is 0.162. The van der Waals surface area contributed by atoms with Crippen LogP contribution in [0.4, 0.5) is 10.1 Å². The number of aliphatic hydroxyl groups is 1. The molecule has 1 heterocycles. The summed E-state index contributed by atoms with van der Waals surface area (Å²) in [6, 6.07) is 3.84. The molecule has 0 spiro atoms. The van der Waals surface area contributed by atoms with Crippen molar-refractivity contribution < 1.29 is 14.4 Å². The van der Waals surface area contributed by atoms with Gasteiger partial charge >= 0.3 is 5.69 Å². The molecule has 1 aromatic carbocycles. The molecule has 0 amide bonds. The maximum Gasteiger partial charge on any atom is 0.305 e. The molecule has 0 bridgehead atoms. The molecule has 0 saturated carbocycles. The van der Waals surface area contributed by atoms with E-state index in [0.717, 1.165) is 32.2 Å². The second-order valence-electron chi connectivity index (χ2n) is 4.78. The average Bonchev–Trinajstić information content (AvgIpc) is 2.46.